The van der Waals surface area contributed by atoms with Gasteiger partial charge in [0.25, 0.3) is 0 Å². The Bertz CT molecular complexity index is 1090. The van der Waals surface area contributed by atoms with Gasteiger partial charge in [-0.05, 0) is 44.9 Å². The minimum atomic E-state index is -0.765. The highest BCUT2D eigenvalue weighted by Crippen LogP contribution is 2.18. The molecule has 0 aromatic rings. The standard InChI is InChI=1S/C64H122O6/c1-4-7-10-13-16-19-21-23-25-27-29-31-32-34-35-37-39-41-43-45-48-51-54-57-63(66)69-60-61(59-68-62(65)56-53-50-47-18-15-12-9-6-3)70-64(67)58-55-52-49-46-44-42-40-38-36-33-30-28-26-24-22-20-17-14-11-8-5-2/h28,30,61H,4-27,29,31-60H2,1-3H3/b30-28-. The maximum atomic E-state index is 12.9. The van der Waals surface area contributed by atoms with Gasteiger partial charge in [-0.25, -0.2) is 0 Å². The minimum Gasteiger partial charge on any atom is -0.462 e. The zero-order chi connectivity index (χ0) is 50.7. The van der Waals surface area contributed by atoms with Crippen LogP contribution in [0.5, 0.6) is 0 Å². The van der Waals surface area contributed by atoms with E-state index in [2.05, 4.69) is 32.9 Å². The van der Waals surface area contributed by atoms with Crippen molar-refractivity contribution in [3.63, 3.8) is 0 Å². The Balaban J connectivity index is 4.12. The van der Waals surface area contributed by atoms with Gasteiger partial charge in [0, 0.05) is 19.3 Å². The zero-order valence-corrected chi connectivity index (χ0v) is 47.6. The van der Waals surface area contributed by atoms with Crippen LogP contribution >= 0.6 is 0 Å². The Kier molecular flexibility index (Phi) is 58.1. The Labute approximate surface area is 437 Å². The van der Waals surface area contributed by atoms with E-state index < -0.39 is 6.10 Å². The second-order valence-electron chi connectivity index (χ2n) is 21.7. The first-order valence-electron chi connectivity index (χ1n) is 31.7. The first-order chi connectivity index (χ1) is 34.5. The van der Waals surface area contributed by atoms with Gasteiger partial charge in [-0.1, -0.05) is 309 Å². The average molecular weight is 988 g/mol. The summed E-state index contributed by atoms with van der Waals surface area (Å²) in [7, 11) is 0. The Morgan fingerprint density at radius 2 is 0.471 bits per heavy atom. The van der Waals surface area contributed by atoms with Crippen LogP contribution in [-0.4, -0.2) is 37.2 Å². The monoisotopic (exact) mass is 987 g/mol. The first-order valence-corrected chi connectivity index (χ1v) is 31.7. The fraction of sp³-hybridized carbons (Fsp3) is 0.922. The van der Waals surface area contributed by atoms with E-state index in [9.17, 15) is 14.4 Å². The van der Waals surface area contributed by atoms with Crippen LogP contribution in [0.25, 0.3) is 0 Å². The molecular weight excluding hydrogens is 865 g/mol. The summed E-state index contributed by atoms with van der Waals surface area (Å²) in [6.45, 7) is 6.68. The molecule has 1 atom stereocenters. The SMILES string of the molecule is CCCCCCCCCC/C=C\CCCCCCCCCCCC(=O)OC(COC(=O)CCCCCCCCCC)COC(=O)CCCCCCCCCCCCCCCCCCCCCCCCC. The third-order valence-electron chi connectivity index (χ3n) is 14.5. The van der Waals surface area contributed by atoms with Crippen LogP contribution in [0.1, 0.15) is 361 Å². The predicted molar refractivity (Wildman–Crippen MR) is 303 cm³/mol. The van der Waals surface area contributed by atoms with Gasteiger partial charge in [-0.15, -0.1) is 0 Å². The van der Waals surface area contributed by atoms with E-state index in [4.69, 9.17) is 14.2 Å². The largest absolute Gasteiger partial charge is 0.462 e. The van der Waals surface area contributed by atoms with Crippen LogP contribution < -0.4 is 0 Å². The number of allylic oxidation sites excluding steroid dienone is 2. The molecule has 0 radical (unpaired) electrons. The topological polar surface area (TPSA) is 78.9 Å². The maximum absolute atomic E-state index is 12.9. The molecule has 0 saturated carbocycles. The normalized spacial score (nSPS) is 12.0. The van der Waals surface area contributed by atoms with Crippen LogP contribution in [0.2, 0.25) is 0 Å². The van der Waals surface area contributed by atoms with Crippen molar-refractivity contribution in [3.05, 3.63) is 12.2 Å². The summed E-state index contributed by atoms with van der Waals surface area (Å²) in [6.07, 6.45) is 69.5. The number of carbonyl (C=O) groups excluding carboxylic acids is 3. The maximum Gasteiger partial charge on any atom is 0.306 e. The molecule has 0 rings (SSSR count). The van der Waals surface area contributed by atoms with E-state index in [-0.39, 0.29) is 31.1 Å². The van der Waals surface area contributed by atoms with Gasteiger partial charge in [-0.2, -0.15) is 0 Å². The van der Waals surface area contributed by atoms with Crippen molar-refractivity contribution in [1.29, 1.82) is 0 Å². The lowest BCUT2D eigenvalue weighted by atomic mass is 10.0. The van der Waals surface area contributed by atoms with Crippen LogP contribution in [0.4, 0.5) is 0 Å². The van der Waals surface area contributed by atoms with Crippen molar-refractivity contribution in [1.82, 2.24) is 0 Å². The summed E-state index contributed by atoms with van der Waals surface area (Å²) < 4.78 is 16.9. The number of hydrogen-bond acceptors (Lipinski definition) is 6. The van der Waals surface area contributed by atoms with E-state index in [1.165, 1.54) is 263 Å². The molecule has 0 aliphatic rings. The van der Waals surface area contributed by atoms with Crippen molar-refractivity contribution >= 4 is 17.9 Å². The Morgan fingerprint density at radius 1 is 0.271 bits per heavy atom. The molecule has 70 heavy (non-hydrogen) atoms. The molecule has 1 unspecified atom stereocenters. The van der Waals surface area contributed by atoms with Gasteiger partial charge in [0.15, 0.2) is 6.10 Å². The van der Waals surface area contributed by atoms with Gasteiger partial charge in [0.2, 0.25) is 0 Å². The molecule has 0 bridgehead atoms. The number of ether oxygens (including phenoxy) is 3. The molecule has 0 N–H and O–H groups in total. The first kappa shape index (κ1) is 68.2. The highest BCUT2D eigenvalue weighted by atomic mass is 16.6. The summed E-state index contributed by atoms with van der Waals surface area (Å²) >= 11 is 0. The van der Waals surface area contributed by atoms with Crippen molar-refractivity contribution < 1.29 is 28.6 Å². The van der Waals surface area contributed by atoms with Crippen molar-refractivity contribution in [2.24, 2.45) is 0 Å². The van der Waals surface area contributed by atoms with Gasteiger partial charge in [0.1, 0.15) is 13.2 Å². The second-order valence-corrected chi connectivity index (χ2v) is 21.7. The van der Waals surface area contributed by atoms with E-state index in [0.717, 1.165) is 57.8 Å². The van der Waals surface area contributed by atoms with E-state index >= 15 is 0 Å². The van der Waals surface area contributed by atoms with Crippen LogP contribution in [0.15, 0.2) is 12.2 Å². The van der Waals surface area contributed by atoms with Crippen LogP contribution in [-0.2, 0) is 28.6 Å². The smallest absolute Gasteiger partial charge is 0.306 e. The summed E-state index contributed by atoms with van der Waals surface area (Å²) in [4.78, 5) is 38.1. The molecule has 0 aliphatic carbocycles. The summed E-state index contributed by atoms with van der Waals surface area (Å²) in [6, 6.07) is 0. The summed E-state index contributed by atoms with van der Waals surface area (Å²) in [5, 5.41) is 0. The summed E-state index contributed by atoms with van der Waals surface area (Å²) in [5.41, 5.74) is 0. The number of rotatable bonds is 59. The quantitative estimate of drug-likeness (QED) is 0.0261. The second kappa shape index (κ2) is 59.7. The molecule has 0 aliphatic heterocycles. The lowest BCUT2D eigenvalue weighted by molar-refractivity contribution is -0.167. The zero-order valence-electron chi connectivity index (χ0n) is 47.6. The average Bonchev–Trinajstić information content (AvgIpc) is 3.36. The van der Waals surface area contributed by atoms with Crippen molar-refractivity contribution in [2.75, 3.05) is 13.2 Å². The van der Waals surface area contributed by atoms with E-state index in [1.807, 2.05) is 0 Å². The van der Waals surface area contributed by atoms with E-state index in [0.29, 0.717) is 19.3 Å². The van der Waals surface area contributed by atoms with Gasteiger partial charge in [-0.3, -0.25) is 14.4 Å². The van der Waals surface area contributed by atoms with Gasteiger partial charge in [0.05, 0.1) is 0 Å². The molecular formula is C64H122O6. The molecule has 0 heterocycles. The Morgan fingerprint density at radius 3 is 0.714 bits per heavy atom. The molecule has 414 valence electrons. The van der Waals surface area contributed by atoms with Gasteiger partial charge < -0.3 is 14.2 Å². The summed E-state index contributed by atoms with van der Waals surface area (Å²) in [5.74, 6) is -0.845. The third kappa shape index (κ3) is 57.1. The Hall–Kier alpha value is -1.85. The molecule has 0 spiro atoms. The van der Waals surface area contributed by atoms with Crippen molar-refractivity contribution in [3.8, 4) is 0 Å². The van der Waals surface area contributed by atoms with E-state index in [1.54, 1.807) is 0 Å². The number of unbranched alkanes of at least 4 members (excludes halogenated alkanes) is 46. The van der Waals surface area contributed by atoms with Crippen LogP contribution in [0.3, 0.4) is 0 Å². The molecule has 0 aromatic heterocycles. The fourth-order valence-corrected chi connectivity index (χ4v) is 9.74. The molecule has 0 aromatic carbocycles. The minimum absolute atomic E-state index is 0.0649. The highest BCUT2D eigenvalue weighted by molar-refractivity contribution is 5.71. The molecule has 6 nitrogen and oxygen atoms in total. The van der Waals surface area contributed by atoms with Crippen molar-refractivity contribution in [2.45, 2.75) is 367 Å². The number of carbonyl (C=O) groups is 3. The van der Waals surface area contributed by atoms with Gasteiger partial charge >= 0.3 is 17.9 Å². The predicted octanol–water partition coefficient (Wildman–Crippen LogP) is 21.3. The number of hydrogen-bond donors (Lipinski definition) is 0. The third-order valence-corrected chi connectivity index (χ3v) is 14.5. The lowest BCUT2D eigenvalue weighted by Crippen LogP contribution is -2.30. The fourth-order valence-electron chi connectivity index (χ4n) is 9.74. The molecule has 0 fully saturated rings. The number of esters is 3. The molecule has 0 amide bonds. The molecule has 6 heteroatoms. The molecule has 0 saturated heterocycles. The highest BCUT2D eigenvalue weighted by Gasteiger charge is 2.19. The lowest BCUT2D eigenvalue weighted by Gasteiger charge is -2.18. The van der Waals surface area contributed by atoms with Crippen LogP contribution in [0, 0.1) is 0 Å².